The molecule has 0 saturated carbocycles. The highest BCUT2D eigenvalue weighted by atomic mass is 32.2. The fraction of sp³-hybridized carbons (Fsp3) is 0.417. The highest BCUT2D eigenvalue weighted by Crippen LogP contribution is 2.20. The molecule has 0 aliphatic carbocycles. The number of hydrogen-bond acceptors (Lipinski definition) is 5. The first-order valence-corrected chi connectivity index (χ1v) is 6.56. The lowest BCUT2D eigenvalue weighted by Gasteiger charge is -2.17. The van der Waals surface area contributed by atoms with Crippen molar-refractivity contribution in [3.8, 4) is 0 Å². The Hall–Kier alpha value is -1.04. The summed E-state index contributed by atoms with van der Waals surface area (Å²) in [5.74, 6) is -0.589. The molecule has 94 valence electrons. The van der Waals surface area contributed by atoms with Crippen molar-refractivity contribution < 1.29 is 14.6 Å². The second kappa shape index (κ2) is 6.64. The fourth-order valence-electron chi connectivity index (χ4n) is 1.38. The van der Waals surface area contributed by atoms with E-state index in [-0.39, 0.29) is 6.61 Å². The molecule has 0 amide bonds. The first-order chi connectivity index (χ1) is 8.10. The molecule has 17 heavy (non-hydrogen) atoms. The second-order valence-corrected chi connectivity index (χ2v) is 4.38. The zero-order chi connectivity index (χ0) is 12.8. The number of carbonyl (C=O) groups excluding carboxylic acids is 1. The molecule has 1 aromatic rings. The summed E-state index contributed by atoms with van der Waals surface area (Å²) in [4.78, 5) is 12.5. The van der Waals surface area contributed by atoms with Crippen LogP contribution in [0.15, 0.2) is 29.2 Å². The average Bonchev–Trinajstić information content (AvgIpc) is 2.37. The van der Waals surface area contributed by atoms with E-state index in [0.29, 0.717) is 5.56 Å². The minimum absolute atomic E-state index is 0.255. The molecule has 2 unspecified atom stereocenters. The molecule has 0 bridgehead atoms. The predicted molar refractivity (Wildman–Crippen MR) is 67.8 cm³/mol. The maximum Gasteiger partial charge on any atom is 0.325 e. The molecular formula is C12H17NO3S. The van der Waals surface area contributed by atoms with Gasteiger partial charge in [0.15, 0.2) is 0 Å². The van der Waals surface area contributed by atoms with Crippen molar-refractivity contribution in [2.45, 2.75) is 24.0 Å². The summed E-state index contributed by atoms with van der Waals surface area (Å²) in [6.45, 7) is 1.95. The smallest absolute Gasteiger partial charge is 0.325 e. The maximum absolute atomic E-state index is 11.4. The minimum atomic E-state index is -1.05. The van der Waals surface area contributed by atoms with Crippen LogP contribution < -0.4 is 5.73 Å². The van der Waals surface area contributed by atoms with Crippen LogP contribution in [-0.4, -0.2) is 30.0 Å². The SMILES string of the molecule is CCOC(=O)C(N)C(O)c1ccc(SC)cc1. The van der Waals surface area contributed by atoms with Crippen molar-refractivity contribution in [2.24, 2.45) is 5.73 Å². The summed E-state index contributed by atoms with van der Waals surface area (Å²) >= 11 is 1.61. The van der Waals surface area contributed by atoms with Gasteiger partial charge in [0.2, 0.25) is 0 Å². The van der Waals surface area contributed by atoms with Crippen LogP contribution in [0.3, 0.4) is 0 Å². The molecule has 0 aliphatic heterocycles. The molecule has 2 atom stereocenters. The van der Waals surface area contributed by atoms with E-state index >= 15 is 0 Å². The van der Waals surface area contributed by atoms with Gasteiger partial charge in [-0.2, -0.15) is 0 Å². The zero-order valence-electron chi connectivity index (χ0n) is 9.92. The largest absolute Gasteiger partial charge is 0.465 e. The lowest BCUT2D eigenvalue weighted by atomic mass is 10.0. The van der Waals surface area contributed by atoms with Gasteiger partial charge in [-0.15, -0.1) is 11.8 Å². The Morgan fingerprint density at radius 1 is 1.47 bits per heavy atom. The van der Waals surface area contributed by atoms with Crippen molar-refractivity contribution in [1.82, 2.24) is 0 Å². The van der Waals surface area contributed by atoms with E-state index in [2.05, 4.69) is 0 Å². The van der Waals surface area contributed by atoms with Crippen molar-refractivity contribution in [1.29, 1.82) is 0 Å². The third-order valence-corrected chi connectivity index (χ3v) is 3.10. The zero-order valence-corrected chi connectivity index (χ0v) is 10.7. The number of rotatable bonds is 5. The normalized spacial score (nSPS) is 14.1. The fourth-order valence-corrected chi connectivity index (χ4v) is 1.78. The summed E-state index contributed by atoms with van der Waals surface area (Å²) in [7, 11) is 0. The van der Waals surface area contributed by atoms with Crippen LogP contribution >= 0.6 is 11.8 Å². The van der Waals surface area contributed by atoms with Gasteiger partial charge in [0, 0.05) is 4.90 Å². The van der Waals surface area contributed by atoms with Crippen LogP contribution in [0, 0.1) is 0 Å². The number of esters is 1. The number of aliphatic hydroxyl groups is 1. The van der Waals surface area contributed by atoms with E-state index in [1.165, 1.54) is 0 Å². The Morgan fingerprint density at radius 2 is 2.06 bits per heavy atom. The molecule has 0 radical (unpaired) electrons. The van der Waals surface area contributed by atoms with Crippen molar-refractivity contribution in [3.05, 3.63) is 29.8 Å². The number of nitrogens with two attached hydrogens (primary N) is 1. The summed E-state index contributed by atoms with van der Waals surface area (Å²) in [6, 6.07) is 6.22. The number of ether oxygens (including phenoxy) is 1. The summed E-state index contributed by atoms with van der Waals surface area (Å²) in [5.41, 5.74) is 6.23. The van der Waals surface area contributed by atoms with Crippen molar-refractivity contribution in [3.63, 3.8) is 0 Å². The van der Waals surface area contributed by atoms with Crippen LogP contribution in [0.4, 0.5) is 0 Å². The highest BCUT2D eigenvalue weighted by Gasteiger charge is 2.25. The van der Waals surface area contributed by atoms with Crippen molar-refractivity contribution in [2.75, 3.05) is 12.9 Å². The number of thioether (sulfide) groups is 1. The van der Waals surface area contributed by atoms with Crippen LogP contribution in [0.5, 0.6) is 0 Å². The topological polar surface area (TPSA) is 72.5 Å². The predicted octanol–water partition coefficient (Wildman–Crippen LogP) is 1.33. The number of aliphatic hydroxyl groups excluding tert-OH is 1. The Labute approximate surface area is 105 Å². The Morgan fingerprint density at radius 3 is 2.53 bits per heavy atom. The van der Waals surface area contributed by atoms with Gasteiger partial charge in [0.1, 0.15) is 12.1 Å². The molecule has 0 saturated heterocycles. The van der Waals surface area contributed by atoms with Gasteiger partial charge < -0.3 is 15.6 Å². The molecule has 3 N–H and O–H groups in total. The van der Waals surface area contributed by atoms with Gasteiger partial charge in [0.05, 0.1) is 6.61 Å². The van der Waals surface area contributed by atoms with E-state index in [0.717, 1.165) is 4.90 Å². The molecular weight excluding hydrogens is 238 g/mol. The van der Waals surface area contributed by atoms with E-state index in [1.54, 1.807) is 30.8 Å². The Kier molecular flexibility index (Phi) is 5.47. The lowest BCUT2D eigenvalue weighted by Crippen LogP contribution is -2.38. The standard InChI is InChI=1S/C12H17NO3S/c1-3-16-12(15)10(13)11(14)8-4-6-9(17-2)7-5-8/h4-7,10-11,14H,3,13H2,1-2H3. The molecule has 4 nitrogen and oxygen atoms in total. The van der Waals surface area contributed by atoms with E-state index in [9.17, 15) is 9.90 Å². The Bertz CT molecular complexity index is 367. The molecule has 0 spiro atoms. The first kappa shape index (κ1) is 14.0. The van der Waals surface area contributed by atoms with Crippen LogP contribution in [0.25, 0.3) is 0 Å². The highest BCUT2D eigenvalue weighted by molar-refractivity contribution is 7.98. The summed E-state index contributed by atoms with van der Waals surface area (Å²) < 4.78 is 4.76. The molecule has 1 aromatic carbocycles. The number of carbonyl (C=O) groups is 1. The Balaban J connectivity index is 2.73. The van der Waals surface area contributed by atoms with Gasteiger partial charge in [-0.05, 0) is 30.9 Å². The van der Waals surface area contributed by atoms with E-state index in [4.69, 9.17) is 10.5 Å². The molecule has 5 heteroatoms. The molecule has 0 aromatic heterocycles. The third-order valence-electron chi connectivity index (χ3n) is 2.36. The van der Waals surface area contributed by atoms with Gasteiger partial charge in [-0.1, -0.05) is 12.1 Å². The van der Waals surface area contributed by atoms with Gasteiger partial charge in [0.25, 0.3) is 0 Å². The second-order valence-electron chi connectivity index (χ2n) is 3.50. The van der Waals surface area contributed by atoms with E-state index in [1.807, 2.05) is 18.4 Å². The molecule has 0 heterocycles. The quantitative estimate of drug-likeness (QED) is 0.613. The van der Waals surface area contributed by atoms with Gasteiger partial charge in [-0.3, -0.25) is 4.79 Å². The summed E-state index contributed by atoms with van der Waals surface area (Å²) in [6.07, 6.45) is 0.931. The van der Waals surface area contributed by atoms with Crippen LogP contribution in [-0.2, 0) is 9.53 Å². The first-order valence-electron chi connectivity index (χ1n) is 5.34. The molecule has 0 fully saturated rings. The third kappa shape index (κ3) is 3.73. The summed E-state index contributed by atoms with van der Waals surface area (Å²) in [5, 5.41) is 9.92. The van der Waals surface area contributed by atoms with Gasteiger partial charge in [-0.25, -0.2) is 0 Å². The minimum Gasteiger partial charge on any atom is -0.465 e. The number of benzene rings is 1. The van der Waals surface area contributed by atoms with Crippen LogP contribution in [0.2, 0.25) is 0 Å². The molecule has 0 aliphatic rings. The van der Waals surface area contributed by atoms with Crippen LogP contribution in [0.1, 0.15) is 18.6 Å². The molecule has 1 rings (SSSR count). The van der Waals surface area contributed by atoms with Gasteiger partial charge >= 0.3 is 5.97 Å². The maximum atomic E-state index is 11.4. The van der Waals surface area contributed by atoms with Crippen molar-refractivity contribution >= 4 is 17.7 Å². The average molecular weight is 255 g/mol. The number of hydrogen-bond donors (Lipinski definition) is 2. The lowest BCUT2D eigenvalue weighted by molar-refractivity contribution is -0.147. The van der Waals surface area contributed by atoms with E-state index < -0.39 is 18.1 Å². The monoisotopic (exact) mass is 255 g/mol.